The van der Waals surface area contributed by atoms with Crippen LogP contribution >= 0.6 is 0 Å². The first-order valence-electron chi connectivity index (χ1n) is 11.2. The number of anilines is 2. The standard InChI is InChI=1S/C27H26N4O2/c1-19-9-11-21(12-10-19)24-25(27(33)31(26(24)32)22-7-5-6-20(2)18-22)30-16-14-29(15-17-30)23-8-3-4-13-28-23/h3-13,18H,14-17H2,1-2H3. The quantitative estimate of drug-likeness (QED) is 0.580. The summed E-state index contributed by atoms with van der Waals surface area (Å²) in [4.78, 5) is 37.4. The van der Waals surface area contributed by atoms with E-state index in [1.165, 1.54) is 4.90 Å². The molecule has 0 bridgehead atoms. The molecular formula is C27H26N4O2. The Balaban J connectivity index is 1.51. The third-order valence-corrected chi connectivity index (χ3v) is 6.23. The summed E-state index contributed by atoms with van der Waals surface area (Å²) < 4.78 is 0. The molecular weight excluding hydrogens is 412 g/mol. The second kappa shape index (κ2) is 8.54. The number of benzene rings is 2. The van der Waals surface area contributed by atoms with Gasteiger partial charge < -0.3 is 9.80 Å². The highest BCUT2D eigenvalue weighted by molar-refractivity contribution is 6.45. The molecule has 2 aliphatic heterocycles. The zero-order valence-corrected chi connectivity index (χ0v) is 18.9. The molecule has 166 valence electrons. The average molecular weight is 439 g/mol. The summed E-state index contributed by atoms with van der Waals surface area (Å²) >= 11 is 0. The van der Waals surface area contributed by atoms with Crippen molar-refractivity contribution in [3.63, 3.8) is 0 Å². The van der Waals surface area contributed by atoms with E-state index in [2.05, 4.69) is 14.8 Å². The van der Waals surface area contributed by atoms with Crippen molar-refractivity contribution in [1.82, 2.24) is 9.88 Å². The number of hydrogen-bond acceptors (Lipinski definition) is 5. The van der Waals surface area contributed by atoms with Gasteiger partial charge in [-0.25, -0.2) is 9.88 Å². The molecule has 6 heteroatoms. The number of aryl methyl sites for hydroxylation is 2. The fourth-order valence-corrected chi connectivity index (χ4v) is 4.49. The summed E-state index contributed by atoms with van der Waals surface area (Å²) in [6.45, 7) is 6.71. The number of amides is 2. The molecule has 2 aliphatic rings. The largest absolute Gasteiger partial charge is 0.363 e. The lowest BCUT2D eigenvalue weighted by Gasteiger charge is -2.37. The predicted molar refractivity (Wildman–Crippen MR) is 130 cm³/mol. The van der Waals surface area contributed by atoms with Gasteiger partial charge in [-0.05, 0) is 49.2 Å². The molecule has 0 aliphatic carbocycles. The molecule has 0 spiro atoms. The molecule has 3 heterocycles. The zero-order valence-electron chi connectivity index (χ0n) is 18.9. The third-order valence-electron chi connectivity index (χ3n) is 6.23. The molecule has 6 nitrogen and oxygen atoms in total. The van der Waals surface area contributed by atoms with Gasteiger partial charge in [-0.3, -0.25) is 9.59 Å². The van der Waals surface area contributed by atoms with E-state index in [0.717, 1.165) is 35.6 Å². The van der Waals surface area contributed by atoms with E-state index >= 15 is 0 Å². The minimum absolute atomic E-state index is 0.257. The van der Waals surface area contributed by atoms with Crippen molar-refractivity contribution < 1.29 is 9.59 Å². The molecule has 0 radical (unpaired) electrons. The summed E-state index contributed by atoms with van der Waals surface area (Å²) in [7, 11) is 0. The number of rotatable bonds is 4. The maximum Gasteiger partial charge on any atom is 0.282 e. The summed E-state index contributed by atoms with van der Waals surface area (Å²) in [6, 6.07) is 21.2. The van der Waals surface area contributed by atoms with Gasteiger partial charge in [0.25, 0.3) is 11.8 Å². The Morgan fingerprint density at radius 2 is 1.45 bits per heavy atom. The number of pyridine rings is 1. The van der Waals surface area contributed by atoms with Gasteiger partial charge in [0.15, 0.2) is 0 Å². The molecule has 5 rings (SSSR count). The fraction of sp³-hybridized carbons (Fsp3) is 0.222. The topological polar surface area (TPSA) is 56.8 Å². The minimum Gasteiger partial charge on any atom is -0.363 e. The third kappa shape index (κ3) is 3.89. The van der Waals surface area contributed by atoms with E-state index < -0.39 is 0 Å². The van der Waals surface area contributed by atoms with Crippen LogP contribution in [-0.2, 0) is 9.59 Å². The number of aromatic nitrogens is 1. The summed E-state index contributed by atoms with van der Waals surface area (Å²) in [5, 5.41) is 0. The van der Waals surface area contributed by atoms with E-state index in [-0.39, 0.29) is 11.8 Å². The van der Waals surface area contributed by atoms with Gasteiger partial charge in [0.2, 0.25) is 0 Å². The van der Waals surface area contributed by atoms with Gasteiger partial charge in [0.05, 0.1) is 11.3 Å². The predicted octanol–water partition coefficient (Wildman–Crippen LogP) is 3.81. The van der Waals surface area contributed by atoms with Gasteiger partial charge in [0.1, 0.15) is 11.5 Å². The molecule has 0 saturated carbocycles. The number of carbonyl (C=O) groups is 2. The lowest BCUT2D eigenvalue weighted by molar-refractivity contribution is -0.120. The average Bonchev–Trinajstić information content (AvgIpc) is 3.10. The van der Waals surface area contributed by atoms with Crippen molar-refractivity contribution in [2.45, 2.75) is 13.8 Å². The minimum atomic E-state index is -0.267. The first-order chi connectivity index (χ1) is 16.0. The SMILES string of the molecule is Cc1ccc(C2=C(N3CCN(c4ccccn4)CC3)C(=O)N(c3cccc(C)c3)C2=O)cc1. The smallest absolute Gasteiger partial charge is 0.282 e. The summed E-state index contributed by atoms with van der Waals surface area (Å²) in [5.74, 6) is 0.407. The Morgan fingerprint density at radius 1 is 0.727 bits per heavy atom. The van der Waals surface area contributed by atoms with Crippen molar-refractivity contribution in [2.24, 2.45) is 0 Å². The van der Waals surface area contributed by atoms with Crippen LogP contribution in [0.25, 0.3) is 5.57 Å². The van der Waals surface area contributed by atoms with Crippen molar-refractivity contribution in [3.05, 3.63) is 95.3 Å². The molecule has 2 amide bonds. The van der Waals surface area contributed by atoms with E-state index in [9.17, 15) is 9.59 Å². The van der Waals surface area contributed by atoms with Crippen LogP contribution in [-0.4, -0.2) is 47.9 Å². The van der Waals surface area contributed by atoms with Gasteiger partial charge in [0, 0.05) is 32.4 Å². The Morgan fingerprint density at radius 3 is 2.12 bits per heavy atom. The van der Waals surface area contributed by atoms with Crippen LogP contribution in [0, 0.1) is 13.8 Å². The first-order valence-corrected chi connectivity index (χ1v) is 11.2. The van der Waals surface area contributed by atoms with Crippen molar-refractivity contribution >= 4 is 28.9 Å². The normalized spacial score (nSPS) is 16.7. The van der Waals surface area contributed by atoms with Gasteiger partial charge in [-0.1, -0.05) is 48.0 Å². The van der Waals surface area contributed by atoms with Crippen LogP contribution in [0.1, 0.15) is 16.7 Å². The molecule has 33 heavy (non-hydrogen) atoms. The number of nitrogens with zero attached hydrogens (tertiary/aromatic N) is 4. The lowest BCUT2D eigenvalue weighted by Crippen LogP contribution is -2.48. The molecule has 1 saturated heterocycles. The summed E-state index contributed by atoms with van der Waals surface area (Å²) in [6.07, 6.45) is 1.79. The maximum atomic E-state index is 13.7. The van der Waals surface area contributed by atoms with Gasteiger partial charge in [-0.15, -0.1) is 0 Å². The second-order valence-electron chi connectivity index (χ2n) is 8.54. The lowest BCUT2D eigenvalue weighted by atomic mass is 10.0. The highest BCUT2D eigenvalue weighted by atomic mass is 16.2. The van der Waals surface area contributed by atoms with Crippen LogP contribution in [0.3, 0.4) is 0 Å². The van der Waals surface area contributed by atoms with Crippen LogP contribution in [0.4, 0.5) is 11.5 Å². The van der Waals surface area contributed by atoms with Crippen LogP contribution in [0.2, 0.25) is 0 Å². The Kier molecular flexibility index (Phi) is 5.42. The van der Waals surface area contributed by atoms with Crippen molar-refractivity contribution in [2.75, 3.05) is 36.0 Å². The Hall–Kier alpha value is -3.93. The number of imide groups is 1. The fourth-order valence-electron chi connectivity index (χ4n) is 4.49. The monoisotopic (exact) mass is 438 g/mol. The Labute approximate surface area is 193 Å². The molecule has 0 atom stereocenters. The molecule has 3 aromatic rings. The molecule has 1 aromatic heterocycles. The van der Waals surface area contributed by atoms with E-state index in [1.807, 2.05) is 80.6 Å². The number of hydrogen-bond donors (Lipinski definition) is 0. The van der Waals surface area contributed by atoms with Crippen LogP contribution in [0.15, 0.2) is 78.6 Å². The first kappa shape index (κ1) is 20.9. The van der Waals surface area contributed by atoms with Crippen molar-refractivity contribution in [3.8, 4) is 0 Å². The van der Waals surface area contributed by atoms with E-state index in [0.29, 0.717) is 30.0 Å². The summed E-state index contributed by atoms with van der Waals surface area (Å²) in [5.41, 5.74) is 4.46. The highest BCUT2D eigenvalue weighted by Gasteiger charge is 2.43. The van der Waals surface area contributed by atoms with Gasteiger partial charge in [-0.2, -0.15) is 0 Å². The van der Waals surface area contributed by atoms with E-state index in [1.54, 1.807) is 6.20 Å². The van der Waals surface area contributed by atoms with Gasteiger partial charge >= 0.3 is 0 Å². The number of piperazine rings is 1. The van der Waals surface area contributed by atoms with Crippen molar-refractivity contribution in [1.29, 1.82) is 0 Å². The van der Waals surface area contributed by atoms with E-state index in [4.69, 9.17) is 0 Å². The molecule has 0 N–H and O–H groups in total. The molecule has 2 aromatic carbocycles. The van der Waals surface area contributed by atoms with Crippen LogP contribution in [0.5, 0.6) is 0 Å². The molecule has 1 fully saturated rings. The zero-order chi connectivity index (χ0) is 22.9. The number of carbonyl (C=O) groups excluding carboxylic acids is 2. The van der Waals surface area contributed by atoms with Crippen LogP contribution < -0.4 is 9.80 Å². The molecule has 0 unspecified atom stereocenters. The Bertz CT molecular complexity index is 1230. The second-order valence-corrected chi connectivity index (χ2v) is 8.54. The highest BCUT2D eigenvalue weighted by Crippen LogP contribution is 2.35. The maximum absolute atomic E-state index is 13.7.